The van der Waals surface area contributed by atoms with Crippen LogP contribution in [-0.4, -0.2) is 34.3 Å². The average molecular weight is 280 g/mol. The Morgan fingerprint density at radius 2 is 2.11 bits per heavy atom. The van der Waals surface area contributed by atoms with E-state index in [1.807, 2.05) is 18.2 Å². The van der Waals surface area contributed by atoms with E-state index in [4.69, 9.17) is 0 Å². The highest BCUT2D eigenvalue weighted by molar-refractivity contribution is 7.92. The fourth-order valence-electron chi connectivity index (χ4n) is 1.51. The van der Waals surface area contributed by atoms with Crippen LogP contribution in [0.5, 0.6) is 0 Å². The summed E-state index contributed by atoms with van der Waals surface area (Å²) in [5.74, 6) is 0. The molecular formula is C10H8N4O2S2. The Labute approximate surface area is 107 Å². The summed E-state index contributed by atoms with van der Waals surface area (Å²) in [6, 6.07) is 5.49. The minimum Gasteiger partial charge on any atom is -0.255 e. The van der Waals surface area contributed by atoms with E-state index in [1.165, 1.54) is 4.52 Å². The zero-order chi connectivity index (χ0) is 12.8. The minimum absolute atomic E-state index is 0.0581. The van der Waals surface area contributed by atoms with Crippen LogP contribution in [-0.2, 0) is 9.84 Å². The lowest BCUT2D eigenvalue weighted by Gasteiger charge is -1.95. The third kappa shape index (κ3) is 1.79. The van der Waals surface area contributed by atoms with E-state index < -0.39 is 9.84 Å². The summed E-state index contributed by atoms with van der Waals surface area (Å²) in [6.07, 6.45) is 4.43. The second-order valence-corrected chi connectivity index (χ2v) is 6.84. The fourth-order valence-corrected chi connectivity index (χ4v) is 3.18. The second kappa shape index (κ2) is 3.85. The van der Waals surface area contributed by atoms with Gasteiger partial charge in [0.15, 0.2) is 0 Å². The first-order valence-corrected chi connectivity index (χ1v) is 7.72. The molecule has 0 saturated heterocycles. The molecule has 0 spiro atoms. The van der Waals surface area contributed by atoms with Crippen molar-refractivity contribution in [2.75, 3.05) is 6.26 Å². The van der Waals surface area contributed by atoms with E-state index in [9.17, 15) is 8.42 Å². The highest BCUT2D eigenvalue weighted by Gasteiger charge is 2.17. The molecule has 0 unspecified atom stereocenters. The van der Waals surface area contributed by atoms with E-state index in [-0.39, 0.29) is 4.34 Å². The number of fused-ring (bicyclic) bond motifs is 1. The number of pyridine rings is 1. The zero-order valence-electron chi connectivity index (χ0n) is 9.31. The van der Waals surface area contributed by atoms with Crippen molar-refractivity contribution in [2.24, 2.45) is 0 Å². The van der Waals surface area contributed by atoms with Crippen molar-refractivity contribution >= 4 is 26.1 Å². The molecule has 0 N–H and O–H groups in total. The van der Waals surface area contributed by atoms with Gasteiger partial charge in [0.2, 0.25) is 19.1 Å². The van der Waals surface area contributed by atoms with E-state index in [1.54, 1.807) is 12.4 Å². The largest absolute Gasteiger partial charge is 0.255 e. The molecule has 0 radical (unpaired) electrons. The molecule has 0 amide bonds. The number of sulfone groups is 1. The Morgan fingerprint density at radius 3 is 2.78 bits per heavy atom. The normalized spacial score (nSPS) is 12.1. The molecule has 8 heteroatoms. The minimum atomic E-state index is -3.31. The molecule has 3 heterocycles. The SMILES string of the molecule is CS(=O)(=O)c1nn2c(-c3ccccn3)cnc2s1. The summed E-state index contributed by atoms with van der Waals surface area (Å²) in [5, 5.41) is 4.07. The van der Waals surface area contributed by atoms with Gasteiger partial charge in [0.25, 0.3) is 0 Å². The smallest absolute Gasteiger partial charge is 0.232 e. The average Bonchev–Trinajstić information content (AvgIpc) is 2.88. The molecule has 3 aromatic rings. The maximum Gasteiger partial charge on any atom is 0.232 e. The van der Waals surface area contributed by atoms with E-state index in [2.05, 4.69) is 15.1 Å². The molecule has 0 atom stereocenters. The quantitative estimate of drug-likeness (QED) is 0.706. The molecule has 0 aliphatic carbocycles. The molecule has 0 saturated carbocycles. The van der Waals surface area contributed by atoms with Crippen molar-refractivity contribution in [1.82, 2.24) is 19.6 Å². The Morgan fingerprint density at radius 1 is 1.28 bits per heavy atom. The maximum atomic E-state index is 11.4. The van der Waals surface area contributed by atoms with E-state index in [0.717, 1.165) is 17.6 Å². The molecule has 0 aliphatic heterocycles. The van der Waals surface area contributed by atoms with E-state index >= 15 is 0 Å². The third-order valence-electron chi connectivity index (χ3n) is 2.31. The lowest BCUT2D eigenvalue weighted by Crippen LogP contribution is -1.98. The molecule has 0 aromatic carbocycles. The first-order valence-electron chi connectivity index (χ1n) is 5.02. The predicted octanol–water partition coefficient (Wildman–Crippen LogP) is 1.26. The third-order valence-corrected chi connectivity index (χ3v) is 4.90. The molecule has 18 heavy (non-hydrogen) atoms. The topological polar surface area (TPSA) is 77.2 Å². The van der Waals surface area contributed by atoms with Crippen molar-refractivity contribution in [3.05, 3.63) is 30.6 Å². The standard InChI is InChI=1S/C10H8N4O2S2/c1-18(15,16)10-13-14-8(6-12-9(14)17-10)7-4-2-3-5-11-7/h2-6H,1H3. The first kappa shape index (κ1) is 11.3. The van der Waals surface area contributed by atoms with Crippen molar-refractivity contribution in [3.8, 4) is 11.4 Å². The van der Waals surface area contributed by atoms with Gasteiger partial charge in [-0.15, -0.1) is 5.10 Å². The lowest BCUT2D eigenvalue weighted by atomic mass is 10.3. The summed E-state index contributed by atoms with van der Waals surface area (Å²) < 4.78 is 24.4. The van der Waals surface area contributed by atoms with Crippen LogP contribution in [0.1, 0.15) is 0 Å². The molecule has 0 fully saturated rings. The van der Waals surface area contributed by atoms with Crippen LogP contribution < -0.4 is 0 Å². The van der Waals surface area contributed by atoms with Gasteiger partial charge in [-0.2, -0.15) is 0 Å². The summed E-state index contributed by atoms with van der Waals surface area (Å²) in [6.45, 7) is 0. The Kier molecular flexibility index (Phi) is 2.42. The van der Waals surface area contributed by atoms with Crippen LogP contribution >= 0.6 is 11.3 Å². The van der Waals surface area contributed by atoms with Gasteiger partial charge in [0.1, 0.15) is 5.69 Å². The summed E-state index contributed by atoms with van der Waals surface area (Å²) >= 11 is 1.04. The predicted molar refractivity (Wildman–Crippen MR) is 67.2 cm³/mol. The number of rotatable bonds is 2. The number of aromatic nitrogens is 4. The summed E-state index contributed by atoms with van der Waals surface area (Å²) in [7, 11) is -3.31. The number of imidazole rings is 1. The Balaban J connectivity index is 2.24. The van der Waals surface area contributed by atoms with Gasteiger partial charge in [-0.3, -0.25) is 4.98 Å². The summed E-state index contributed by atoms with van der Waals surface area (Å²) in [4.78, 5) is 8.88. The van der Waals surface area contributed by atoms with Gasteiger partial charge >= 0.3 is 0 Å². The number of hydrogen-bond acceptors (Lipinski definition) is 6. The fraction of sp³-hybridized carbons (Fsp3) is 0.100. The van der Waals surface area contributed by atoms with Crippen LogP contribution in [0.4, 0.5) is 0 Å². The van der Waals surface area contributed by atoms with Gasteiger partial charge in [0, 0.05) is 12.5 Å². The van der Waals surface area contributed by atoms with Crippen LogP contribution in [0.25, 0.3) is 16.3 Å². The zero-order valence-corrected chi connectivity index (χ0v) is 10.9. The molecule has 0 bridgehead atoms. The van der Waals surface area contributed by atoms with Gasteiger partial charge < -0.3 is 0 Å². The highest BCUT2D eigenvalue weighted by atomic mass is 32.2. The van der Waals surface area contributed by atoms with Crippen LogP contribution in [0.15, 0.2) is 34.9 Å². The van der Waals surface area contributed by atoms with Crippen molar-refractivity contribution in [2.45, 2.75) is 4.34 Å². The number of hydrogen-bond donors (Lipinski definition) is 0. The van der Waals surface area contributed by atoms with Gasteiger partial charge in [-0.05, 0) is 12.1 Å². The Bertz CT molecular complexity index is 805. The Hall–Kier alpha value is -1.80. The molecule has 92 valence electrons. The molecule has 3 rings (SSSR count). The maximum absolute atomic E-state index is 11.4. The van der Waals surface area contributed by atoms with E-state index in [0.29, 0.717) is 16.3 Å². The highest BCUT2D eigenvalue weighted by Crippen LogP contribution is 2.24. The first-order chi connectivity index (χ1) is 8.55. The second-order valence-electron chi connectivity index (χ2n) is 3.69. The molecule has 6 nitrogen and oxygen atoms in total. The van der Waals surface area contributed by atoms with Crippen LogP contribution in [0.3, 0.4) is 0 Å². The van der Waals surface area contributed by atoms with Crippen molar-refractivity contribution in [3.63, 3.8) is 0 Å². The molecule has 3 aromatic heterocycles. The summed E-state index contributed by atoms with van der Waals surface area (Å²) in [5.41, 5.74) is 1.38. The lowest BCUT2D eigenvalue weighted by molar-refractivity contribution is 0.599. The van der Waals surface area contributed by atoms with Gasteiger partial charge in [0.05, 0.1) is 11.9 Å². The van der Waals surface area contributed by atoms with Gasteiger partial charge in [-0.25, -0.2) is 17.9 Å². The molecular weight excluding hydrogens is 272 g/mol. The molecule has 0 aliphatic rings. The van der Waals surface area contributed by atoms with Crippen LogP contribution in [0, 0.1) is 0 Å². The van der Waals surface area contributed by atoms with Crippen molar-refractivity contribution < 1.29 is 8.42 Å². The number of nitrogens with zero attached hydrogens (tertiary/aromatic N) is 4. The van der Waals surface area contributed by atoms with Gasteiger partial charge in [-0.1, -0.05) is 17.4 Å². The van der Waals surface area contributed by atoms with Crippen molar-refractivity contribution in [1.29, 1.82) is 0 Å². The monoisotopic (exact) mass is 280 g/mol. The van der Waals surface area contributed by atoms with Crippen LogP contribution in [0.2, 0.25) is 0 Å².